The SMILES string of the molecule is OC(CCl)C(O)c1cccc(SC(F)(F)F)c1. The Labute approximate surface area is 105 Å². The largest absolute Gasteiger partial charge is 0.446 e. The second-order valence-corrected chi connectivity index (χ2v) is 4.73. The van der Waals surface area contributed by atoms with Crippen LogP contribution in [-0.2, 0) is 0 Å². The first kappa shape index (κ1) is 14.6. The van der Waals surface area contributed by atoms with E-state index in [1.165, 1.54) is 24.3 Å². The molecule has 96 valence electrons. The molecule has 0 saturated carbocycles. The van der Waals surface area contributed by atoms with Crippen LogP contribution >= 0.6 is 23.4 Å². The van der Waals surface area contributed by atoms with Crippen molar-refractivity contribution in [3.8, 4) is 0 Å². The standard InChI is InChI=1S/C10H10ClF3O2S/c11-5-8(15)9(16)6-2-1-3-7(4-6)17-10(12,13)14/h1-4,8-9,15-16H,5H2. The maximum Gasteiger partial charge on any atom is 0.446 e. The van der Waals surface area contributed by atoms with Gasteiger partial charge in [-0.3, -0.25) is 0 Å². The zero-order valence-electron chi connectivity index (χ0n) is 8.49. The summed E-state index contributed by atoms with van der Waals surface area (Å²) >= 11 is 5.07. The van der Waals surface area contributed by atoms with Crippen LogP contribution in [0, 0.1) is 0 Å². The molecule has 2 N–H and O–H groups in total. The molecule has 0 fully saturated rings. The molecule has 0 amide bonds. The highest BCUT2D eigenvalue weighted by Gasteiger charge is 2.29. The lowest BCUT2D eigenvalue weighted by molar-refractivity contribution is -0.0328. The molecule has 2 atom stereocenters. The molecule has 17 heavy (non-hydrogen) atoms. The molecule has 2 nitrogen and oxygen atoms in total. The second-order valence-electron chi connectivity index (χ2n) is 3.29. The van der Waals surface area contributed by atoms with Crippen LogP contribution in [0.15, 0.2) is 29.2 Å². The van der Waals surface area contributed by atoms with Gasteiger partial charge in [-0.05, 0) is 29.5 Å². The van der Waals surface area contributed by atoms with Crippen LogP contribution in [0.4, 0.5) is 13.2 Å². The average Bonchev–Trinajstić information content (AvgIpc) is 2.25. The van der Waals surface area contributed by atoms with E-state index in [4.69, 9.17) is 11.6 Å². The van der Waals surface area contributed by atoms with Crippen molar-refractivity contribution in [2.45, 2.75) is 22.6 Å². The molecular formula is C10H10ClF3O2S. The number of hydrogen-bond donors (Lipinski definition) is 2. The molecule has 0 radical (unpaired) electrons. The fourth-order valence-electron chi connectivity index (χ4n) is 1.20. The van der Waals surface area contributed by atoms with Gasteiger partial charge in [0.15, 0.2) is 0 Å². The van der Waals surface area contributed by atoms with Gasteiger partial charge < -0.3 is 10.2 Å². The minimum absolute atomic E-state index is 0.0455. The van der Waals surface area contributed by atoms with E-state index in [9.17, 15) is 23.4 Å². The molecule has 1 aromatic rings. The number of thioether (sulfide) groups is 1. The molecule has 0 aliphatic heterocycles. The Morgan fingerprint density at radius 3 is 2.47 bits per heavy atom. The smallest absolute Gasteiger partial charge is 0.389 e. The maximum absolute atomic E-state index is 12.1. The van der Waals surface area contributed by atoms with E-state index in [-0.39, 0.29) is 28.1 Å². The summed E-state index contributed by atoms with van der Waals surface area (Å²) in [6, 6.07) is 5.27. The molecule has 0 bridgehead atoms. The zero-order chi connectivity index (χ0) is 13.1. The van der Waals surface area contributed by atoms with Crippen molar-refractivity contribution >= 4 is 23.4 Å². The normalized spacial score (nSPS) is 15.6. The Morgan fingerprint density at radius 1 is 1.29 bits per heavy atom. The van der Waals surface area contributed by atoms with Crippen LogP contribution in [0.5, 0.6) is 0 Å². The van der Waals surface area contributed by atoms with Gasteiger partial charge in [0.05, 0.1) is 12.0 Å². The summed E-state index contributed by atoms with van der Waals surface area (Å²) in [7, 11) is 0. The number of rotatable bonds is 4. The van der Waals surface area contributed by atoms with Gasteiger partial charge in [0.2, 0.25) is 0 Å². The third kappa shape index (κ3) is 4.75. The summed E-state index contributed by atoms with van der Waals surface area (Å²) in [6.45, 7) is 0. The van der Waals surface area contributed by atoms with Crippen molar-refractivity contribution in [2.24, 2.45) is 0 Å². The van der Waals surface area contributed by atoms with Crippen LogP contribution in [0.1, 0.15) is 11.7 Å². The lowest BCUT2D eigenvalue weighted by Gasteiger charge is -2.16. The highest BCUT2D eigenvalue weighted by Crippen LogP contribution is 2.37. The average molecular weight is 287 g/mol. The molecule has 7 heteroatoms. The fourth-order valence-corrected chi connectivity index (χ4v) is 1.98. The first-order valence-electron chi connectivity index (χ1n) is 4.61. The fraction of sp³-hybridized carbons (Fsp3) is 0.400. The van der Waals surface area contributed by atoms with Gasteiger partial charge >= 0.3 is 5.51 Å². The van der Waals surface area contributed by atoms with E-state index in [2.05, 4.69) is 0 Å². The summed E-state index contributed by atoms with van der Waals surface area (Å²) in [5.41, 5.74) is -4.18. The van der Waals surface area contributed by atoms with E-state index in [0.717, 1.165) is 0 Å². The van der Waals surface area contributed by atoms with E-state index >= 15 is 0 Å². The van der Waals surface area contributed by atoms with Gasteiger partial charge in [-0.1, -0.05) is 12.1 Å². The van der Waals surface area contributed by atoms with E-state index in [0.29, 0.717) is 0 Å². The molecule has 0 heterocycles. The minimum atomic E-state index is -4.38. The lowest BCUT2D eigenvalue weighted by Crippen LogP contribution is -2.19. The van der Waals surface area contributed by atoms with Crippen molar-refractivity contribution in [3.63, 3.8) is 0 Å². The highest BCUT2D eigenvalue weighted by atomic mass is 35.5. The van der Waals surface area contributed by atoms with E-state index < -0.39 is 17.7 Å². The van der Waals surface area contributed by atoms with Gasteiger partial charge in [0, 0.05) is 4.90 Å². The number of aliphatic hydroxyl groups is 2. The summed E-state index contributed by atoms with van der Waals surface area (Å²) in [5.74, 6) is -0.197. The third-order valence-corrected chi connectivity index (χ3v) is 2.99. The van der Waals surface area contributed by atoms with Crippen molar-refractivity contribution in [1.29, 1.82) is 0 Å². The van der Waals surface area contributed by atoms with Gasteiger partial charge in [-0.2, -0.15) is 13.2 Å². The molecule has 0 saturated heterocycles. The molecular weight excluding hydrogens is 277 g/mol. The summed E-state index contributed by atoms with van der Waals surface area (Å²) in [6.07, 6.45) is -2.50. The van der Waals surface area contributed by atoms with Crippen molar-refractivity contribution in [1.82, 2.24) is 0 Å². The first-order chi connectivity index (χ1) is 7.83. The second kappa shape index (κ2) is 5.95. The molecule has 0 aromatic heterocycles. The third-order valence-electron chi connectivity index (χ3n) is 1.96. The van der Waals surface area contributed by atoms with Crippen LogP contribution in [0.3, 0.4) is 0 Å². The molecule has 0 aliphatic carbocycles. The maximum atomic E-state index is 12.1. The zero-order valence-corrected chi connectivity index (χ0v) is 10.1. The van der Waals surface area contributed by atoms with Gasteiger partial charge in [-0.25, -0.2) is 0 Å². The molecule has 1 aromatic carbocycles. The predicted molar refractivity (Wildman–Crippen MR) is 60.0 cm³/mol. The van der Waals surface area contributed by atoms with E-state index in [1.807, 2.05) is 0 Å². The lowest BCUT2D eigenvalue weighted by atomic mass is 10.1. The van der Waals surface area contributed by atoms with Crippen molar-refractivity contribution in [2.75, 3.05) is 5.88 Å². The van der Waals surface area contributed by atoms with E-state index in [1.54, 1.807) is 0 Å². The van der Waals surface area contributed by atoms with Crippen molar-refractivity contribution < 1.29 is 23.4 Å². The topological polar surface area (TPSA) is 40.5 Å². The number of halogens is 4. The Balaban J connectivity index is 2.86. The van der Waals surface area contributed by atoms with Crippen LogP contribution < -0.4 is 0 Å². The molecule has 2 unspecified atom stereocenters. The van der Waals surface area contributed by atoms with Crippen LogP contribution in [0.25, 0.3) is 0 Å². The number of aliphatic hydroxyl groups excluding tert-OH is 2. The van der Waals surface area contributed by atoms with Gasteiger partial charge in [0.25, 0.3) is 0 Å². The Bertz CT molecular complexity index is 373. The minimum Gasteiger partial charge on any atom is -0.389 e. The Hall–Kier alpha value is -0.430. The summed E-state index contributed by atoms with van der Waals surface area (Å²) in [4.78, 5) is -0.0455. The number of hydrogen-bond acceptors (Lipinski definition) is 3. The molecule has 0 aliphatic rings. The molecule has 1 rings (SSSR count). The first-order valence-corrected chi connectivity index (χ1v) is 5.96. The van der Waals surface area contributed by atoms with Crippen molar-refractivity contribution in [3.05, 3.63) is 29.8 Å². The number of benzene rings is 1. The number of alkyl halides is 4. The van der Waals surface area contributed by atoms with Gasteiger partial charge in [-0.15, -0.1) is 11.6 Å². The van der Waals surface area contributed by atoms with Crippen LogP contribution in [0.2, 0.25) is 0 Å². The quantitative estimate of drug-likeness (QED) is 0.660. The molecule has 0 spiro atoms. The predicted octanol–water partition coefficient (Wildman–Crippen LogP) is 2.93. The van der Waals surface area contributed by atoms with Crippen LogP contribution in [-0.4, -0.2) is 27.7 Å². The highest BCUT2D eigenvalue weighted by molar-refractivity contribution is 8.00. The Kier molecular flexibility index (Phi) is 5.12. The summed E-state index contributed by atoms with van der Waals surface area (Å²) in [5, 5.41) is 18.9. The summed E-state index contributed by atoms with van der Waals surface area (Å²) < 4.78 is 36.4. The van der Waals surface area contributed by atoms with Gasteiger partial charge in [0.1, 0.15) is 6.10 Å². The Morgan fingerprint density at radius 2 is 1.94 bits per heavy atom. The monoisotopic (exact) mass is 286 g/mol.